The molecule has 0 N–H and O–H groups in total. The Morgan fingerprint density at radius 3 is 2.59 bits per heavy atom. The summed E-state index contributed by atoms with van der Waals surface area (Å²) in [6.45, 7) is 5.38. The average Bonchev–Trinajstić information content (AvgIpc) is 3.09. The smallest absolute Gasteiger partial charge is 0.341 e. The summed E-state index contributed by atoms with van der Waals surface area (Å²) in [6, 6.07) is 1.95. The van der Waals surface area contributed by atoms with E-state index in [1.807, 2.05) is 24.6 Å². The number of hydrogen-bond donors (Lipinski definition) is 0. The van der Waals surface area contributed by atoms with Crippen LogP contribution in [0.2, 0.25) is 0 Å². The zero-order chi connectivity index (χ0) is 15.5. The summed E-state index contributed by atoms with van der Waals surface area (Å²) in [6.07, 6.45) is 3.43. The second-order valence-electron chi connectivity index (χ2n) is 5.12. The molecule has 3 heterocycles. The van der Waals surface area contributed by atoms with Crippen LogP contribution in [0.3, 0.4) is 0 Å². The number of thiazole rings is 1. The Bertz CT molecular complexity index is 652. The van der Waals surface area contributed by atoms with Crippen molar-refractivity contribution in [2.75, 3.05) is 43.1 Å². The topological polar surface area (TPSA) is 58.6 Å². The number of ether oxygens (including phenoxy) is 1. The van der Waals surface area contributed by atoms with E-state index in [-0.39, 0.29) is 5.97 Å². The Morgan fingerprint density at radius 2 is 1.95 bits per heavy atom. The molecular weight excluding hydrogens is 300 g/mol. The van der Waals surface area contributed by atoms with Crippen molar-refractivity contribution in [1.29, 1.82) is 0 Å². The third-order valence-electron chi connectivity index (χ3n) is 3.73. The highest BCUT2D eigenvalue weighted by molar-refractivity contribution is 7.13. The van der Waals surface area contributed by atoms with E-state index in [0.717, 1.165) is 42.7 Å². The minimum atomic E-state index is -0.343. The van der Waals surface area contributed by atoms with Crippen LogP contribution in [-0.2, 0) is 4.74 Å². The molecular formula is C15H18N4O2S. The number of methoxy groups -OCH3 is 1. The monoisotopic (exact) mass is 318 g/mol. The summed E-state index contributed by atoms with van der Waals surface area (Å²) in [5, 5.41) is 3.04. The second-order valence-corrected chi connectivity index (χ2v) is 6.00. The van der Waals surface area contributed by atoms with E-state index in [2.05, 4.69) is 19.8 Å². The SMILES string of the molecule is COC(=O)c1cnc(C)cc1N1CCN(c2nccs2)CC1. The molecule has 0 aromatic carbocycles. The Hall–Kier alpha value is -2.15. The van der Waals surface area contributed by atoms with Gasteiger partial charge >= 0.3 is 5.97 Å². The van der Waals surface area contributed by atoms with Crippen molar-refractivity contribution in [2.45, 2.75) is 6.92 Å². The number of carbonyl (C=O) groups excluding carboxylic acids is 1. The molecule has 116 valence electrons. The maximum absolute atomic E-state index is 11.9. The second kappa shape index (κ2) is 6.31. The summed E-state index contributed by atoms with van der Waals surface area (Å²) in [7, 11) is 1.40. The van der Waals surface area contributed by atoms with Gasteiger partial charge in [0.15, 0.2) is 5.13 Å². The third-order valence-corrected chi connectivity index (χ3v) is 4.57. The van der Waals surface area contributed by atoms with Crippen LogP contribution in [-0.4, -0.2) is 49.2 Å². The van der Waals surface area contributed by atoms with Crippen LogP contribution in [0, 0.1) is 6.92 Å². The van der Waals surface area contributed by atoms with E-state index in [1.165, 1.54) is 7.11 Å². The number of pyridine rings is 1. The lowest BCUT2D eigenvalue weighted by atomic mass is 10.1. The lowest BCUT2D eigenvalue weighted by Crippen LogP contribution is -2.47. The van der Waals surface area contributed by atoms with Gasteiger partial charge in [-0.15, -0.1) is 11.3 Å². The fourth-order valence-corrected chi connectivity index (χ4v) is 3.28. The fraction of sp³-hybridized carbons (Fsp3) is 0.400. The van der Waals surface area contributed by atoms with E-state index in [0.29, 0.717) is 5.56 Å². The zero-order valence-electron chi connectivity index (χ0n) is 12.7. The standard InChI is InChI=1S/C15H18N4O2S/c1-11-9-13(12(10-17-11)14(20)21-2)18-4-6-19(7-5-18)15-16-3-8-22-15/h3,8-10H,4-7H2,1-2H3. The van der Waals surface area contributed by atoms with Gasteiger partial charge in [-0.25, -0.2) is 9.78 Å². The van der Waals surface area contributed by atoms with Crippen LogP contribution in [0.15, 0.2) is 23.8 Å². The van der Waals surface area contributed by atoms with Gasteiger partial charge in [-0.2, -0.15) is 0 Å². The van der Waals surface area contributed by atoms with Crippen molar-refractivity contribution in [3.63, 3.8) is 0 Å². The molecule has 0 bridgehead atoms. The van der Waals surface area contributed by atoms with Crippen LogP contribution >= 0.6 is 11.3 Å². The molecule has 1 aliphatic rings. The van der Waals surface area contributed by atoms with Gasteiger partial charge in [0, 0.05) is 49.6 Å². The van der Waals surface area contributed by atoms with Crippen molar-refractivity contribution in [3.05, 3.63) is 35.1 Å². The third kappa shape index (κ3) is 2.89. The van der Waals surface area contributed by atoms with Crippen LogP contribution in [0.1, 0.15) is 16.1 Å². The molecule has 1 fully saturated rings. The summed E-state index contributed by atoms with van der Waals surface area (Å²) in [5.41, 5.74) is 2.32. The van der Waals surface area contributed by atoms with Crippen molar-refractivity contribution in [2.24, 2.45) is 0 Å². The quantitative estimate of drug-likeness (QED) is 0.806. The normalized spacial score (nSPS) is 15.0. The largest absolute Gasteiger partial charge is 0.465 e. The minimum Gasteiger partial charge on any atom is -0.465 e. The molecule has 0 spiro atoms. The van der Waals surface area contributed by atoms with Crippen LogP contribution in [0.25, 0.3) is 0 Å². The Morgan fingerprint density at radius 1 is 1.23 bits per heavy atom. The highest BCUT2D eigenvalue weighted by Gasteiger charge is 2.23. The molecule has 6 nitrogen and oxygen atoms in total. The van der Waals surface area contributed by atoms with Gasteiger partial charge < -0.3 is 14.5 Å². The number of piperazine rings is 1. The molecule has 0 aliphatic carbocycles. The number of aryl methyl sites for hydroxylation is 1. The van der Waals surface area contributed by atoms with Gasteiger partial charge in [0.05, 0.1) is 12.8 Å². The van der Waals surface area contributed by atoms with Crippen molar-refractivity contribution in [1.82, 2.24) is 9.97 Å². The van der Waals surface area contributed by atoms with Crippen LogP contribution in [0.4, 0.5) is 10.8 Å². The summed E-state index contributed by atoms with van der Waals surface area (Å²) in [4.78, 5) is 25.0. The molecule has 0 unspecified atom stereocenters. The summed E-state index contributed by atoms with van der Waals surface area (Å²) >= 11 is 1.65. The van der Waals surface area contributed by atoms with Gasteiger partial charge in [0.1, 0.15) is 5.56 Å². The first kappa shape index (κ1) is 14.8. The number of rotatable bonds is 3. The number of carbonyl (C=O) groups is 1. The first-order valence-corrected chi connectivity index (χ1v) is 8.01. The van der Waals surface area contributed by atoms with Gasteiger partial charge in [-0.05, 0) is 13.0 Å². The molecule has 1 aliphatic heterocycles. The molecule has 3 rings (SSSR count). The van der Waals surface area contributed by atoms with E-state index < -0.39 is 0 Å². The molecule has 22 heavy (non-hydrogen) atoms. The number of anilines is 2. The van der Waals surface area contributed by atoms with Gasteiger partial charge in [0.25, 0.3) is 0 Å². The highest BCUT2D eigenvalue weighted by Crippen LogP contribution is 2.25. The zero-order valence-corrected chi connectivity index (χ0v) is 13.5. The lowest BCUT2D eigenvalue weighted by Gasteiger charge is -2.36. The van der Waals surface area contributed by atoms with Crippen LogP contribution < -0.4 is 9.80 Å². The predicted octanol–water partition coefficient (Wildman–Crippen LogP) is 1.96. The number of esters is 1. The summed E-state index contributed by atoms with van der Waals surface area (Å²) < 4.78 is 4.86. The Kier molecular flexibility index (Phi) is 4.24. The maximum Gasteiger partial charge on any atom is 0.341 e. The average molecular weight is 318 g/mol. The molecule has 1 saturated heterocycles. The summed E-state index contributed by atoms with van der Waals surface area (Å²) in [5.74, 6) is -0.343. The molecule has 0 saturated carbocycles. The minimum absolute atomic E-state index is 0.343. The van der Waals surface area contributed by atoms with E-state index in [1.54, 1.807) is 17.5 Å². The molecule has 0 amide bonds. The van der Waals surface area contributed by atoms with Crippen molar-refractivity contribution in [3.8, 4) is 0 Å². The lowest BCUT2D eigenvalue weighted by molar-refractivity contribution is 0.0601. The number of nitrogens with zero attached hydrogens (tertiary/aromatic N) is 4. The van der Waals surface area contributed by atoms with Gasteiger partial charge in [-0.3, -0.25) is 4.98 Å². The molecule has 0 radical (unpaired) electrons. The van der Waals surface area contributed by atoms with E-state index >= 15 is 0 Å². The first-order valence-electron chi connectivity index (χ1n) is 7.13. The highest BCUT2D eigenvalue weighted by atomic mass is 32.1. The molecule has 2 aromatic rings. The Labute approximate surface area is 133 Å². The van der Waals surface area contributed by atoms with Crippen molar-refractivity contribution < 1.29 is 9.53 Å². The van der Waals surface area contributed by atoms with Crippen molar-refractivity contribution >= 4 is 28.1 Å². The molecule has 7 heteroatoms. The Balaban J connectivity index is 1.78. The number of hydrogen-bond acceptors (Lipinski definition) is 7. The number of aromatic nitrogens is 2. The van der Waals surface area contributed by atoms with E-state index in [9.17, 15) is 4.79 Å². The maximum atomic E-state index is 11.9. The molecule has 0 atom stereocenters. The van der Waals surface area contributed by atoms with Gasteiger partial charge in [-0.1, -0.05) is 0 Å². The van der Waals surface area contributed by atoms with Gasteiger partial charge in [0.2, 0.25) is 0 Å². The van der Waals surface area contributed by atoms with Crippen LogP contribution in [0.5, 0.6) is 0 Å². The van der Waals surface area contributed by atoms with E-state index in [4.69, 9.17) is 4.74 Å². The molecule has 2 aromatic heterocycles. The first-order chi connectivity index (χ1) is 10.7. The fourth-order valence-electron chi connectivity index (χ4n) is 2.58. The predicted molar refractivity (Wildman–Crippen MR) is 86.9 cm³/mol.